The standard InChI is InChI=1S/C18H19BrFN3O3S/c1-11-10-27-18(21-11)22-17(25)12-4-6-23(7-5-12)16(24)9-26-15-3-2-13(19)8-14(15)20/h2-3,8,10,12H,4-7,9H2,1H3,(H,21,22,25). The van der Waals surface area contributed by atoms with Crippen LogP contribution in [0.4, 0.5) is 9.52 Å². The quantitative estimate of drug-likeness (QED) is 0.747. The molecule has 0 atom stereocenters. The van der Waals surface area contributed by atoms with Crippen LogP contribution < -0.4 is 10.1 Å². The van der Waals surface area contributed by atoms with Gasteiger partial charge in [-0.3, -0.25) is 9.59 Å². The van der Waals surface area contributed by atoms with E-state index < -0.39 is 5.82 Å². The second-order valence-corrected chi connectivity index (χ2v) is 8.08. The Morgan fingerprint density at radius 2 is 2.15 bits per heavy atom. The molecule has 0 aliphatic carbocycles. The van der Waals surface area contributed by atoms with Gasteiger partial charge in [0, 0.05) is 28.9 Å². The third kappa shape index (κ3) is 5.26. The van der Waals surface area contributed by atoms with Gasteiger partial charge >= 0.3 is 0 Å². The Hall–Kier alpha value is -2.00. The van der Waals surface area contributed by atoms with E-state index in [1.165, 1.54) is 23.5 Å². The monoisotopic (exact) mass is 455 g/mol. The smallest absolute Gasteiger partial charge is 0.260 e. The van der Waals surface area contributed by atoms with Crippen LogP contribution in [0.3, 0.4) is 0 Å². The topological polar surface area (TPSA) is 71.5 Å². The molecule has 6 nitrogen and oxygen atoms in total. The molecule has 1 aliphatic heterocycles. The largest absolute Gasteiger partial charge is 0.481 e. The van der Waals surface area contributed by atoms with Crippen molar-refractivity contribution in [3.8, 4) is 5.75 Å². The molecule has 0 radical (unpaired) electrons. The molecule has 2 heterocycles. The van der Waals surface area contributed by atoms with Gasteiger partial charge in [0.15, 0.2) is 23.3 Å². The first-order valence-corrected chi connectivity index (χ1v) is 10.2. The van der Waals surface area contributed by atoms with Crippen LogP contribution in [-0.4, -0.2) is 41.4 Å². The van der Waals surface area contributed by atoms with Gasteiger partial charge in [-0.25, -0.2) is 9.37 Å². The number of amides is 2. The molecular weight excluding hydrogens is 437 g/mol. The molecule has 1 aromatic heterocycles. The van der Waals surface area contributed by atoms with E-state index in [0.717, 1.165) is 5.69 Å². The number of piperidine rings is 1. The van der Waals surface area contributed by atoms with Gasteiger partial charge in [0.2, 0.25) is 5.91 Å². The van der Waals surface area contributed by atoms with Crippen LogP contribution in [0.5, 0.6) is 5.75 Å². The van der Waals surface area contributed by atoms with Crippen LogP contribution >= 0.6 is 27.3 Å². The number of hydrogen-bond acceptors (Lipinski definition) is 5. The molecule has 0 spiro atoms. The number of thiazole rings is 1. The summed E-state index contributed by atoms with van der Waals surface area (Å²) in [6.45, 7) is 2.59. The van der Waals surface area contributed by atoms with Gasteiger partial charge in [-0.2, -0.15) is 0 Å². The predicted octanol–water partition coefficient (Wildman–Crippen LogP) is 3.61. The van der Waals surface area contributed by atoms with Crippen LogP contribution in [0, 0.1) is 18.7 Å². The Labute approximate surface area is 168 Å². The zero-order chi connectivity index (χ0) is 19.4. The molecule has 1 aromatic carbocycles. The van der Waals surface area contributed by atoms with E-state index in [-0.39, 0.29) is 30.1 Å². The Morgan fingerprint density at radius 3 is 2.78 bits per heavy atom. The van der Waals surface area contributed by atoms with Gasteiger partial charge in [0.1, 0.15) is 0 Å². The number of nitrogens with one attached hydrogen (secondary N) is 1. The number of aryl methyl sites for hydroxylation is 1. The summed E-state index contributed by atoms with van der Waals surface area (Å²) in [5, 5.41) is 5.31. The Bertz CT molecular complexity index is 837. The van der Waals surface area contributed by atoms with E-state index in [9.17, 15) is 14.0 Å². The van der Waals surface area contributed by atoms with Crippen molar-refractivity contribution in [2.75, 3.05) is 25.0 Å². The van der Waals surface area contributed by atoms with Gasteiger partial charge < -0.3 is 15.0 Å². The van der Waals surface area contributed by atoms with Crippen molar-refractivity contribution in [1.29, 1.82) is 0 Å². The number of likely N-dealkylation sites (tertiary alicyclic amines) is 1. The molecule has 27 heavy (non-hydrogen) atoms. The summed E-state index contributed by atoms with van der Waals surface area (Å²) in [7, 11) is 0. The van der Waals surface area contributed by atoms with E-state index in [1.807, 2.05) is 12.3 Å². The zero-order valence-corrected chi connectivity index (χ0v) is 17.1. The molecule has 1 saturated heterocycles. The SMILES string of the molecule is Cc1csc(NC(=O)C2CCN(C(=O)COc3ccc(Br)cc3F)CC2)n1. The van der Waals surface area contributed by atoms with Gasteiger partial charge in [0.25, 0.3) is 5.91 Å². The van der Waals surface area contributed by atoms with Crippen molar-refractivity contribution >= 4 is 44.2 Å². The summed E-state index contributed by atoms with van der Waals surface area (Å²) in [4.78, 5) is 30.5. The summed E-state index contributed by atoms with van der Waals surface area (Å²) >= 11 is 4.57. The maximum Gasteiger partial charge on any atom is 0.260 e. The fourth-order valence-electron chi connectivity index (χ4n) is 2.83. The average Bonchev–Trinajstić information content (AvgIpc) is 3.05. The van der Waals surface area contributed by atoms with E-state index in [2.05, 4.69) is 26.2 Å². The number of hydrogen-bond donors (Lipinski definition) is 1. The molecule has 2 amide bonds. The number of ether oxygens (including phenoxy) is 1. The number of aromatic nitrogens is 1. The van der Waals surface area contributed by atoms with E-state index in [0.29, 0.717) is 35.5 Å². The first kappa shape index (κ1) is 19.8. The van der Waals surface area contributed by atoms with Gasteiger partial charge in [0.05, 0.1) is 5.69 Å². The summed E-state index contributed by atoms with van der Waals surface area (Å²) in [6.07, 6.45) is 1.16. The van der Waals surface area contributed by atoms with E-state index in [4.69, 9.17) is 4.74 Å². The minimum atomic E-state index is -0.523. The average molecular weight is 456 g/mol. The number of carbonyl (C=O) groups is 2. The second-order valence-electron chi connectivity index (χ2n) is 6.30. The second kappa shape index (κ2) is 8.79. The van der Waals surface area contributed by atoms with Crippen molar-refractivity contribution in [1.82, 2.24) is 9.88 Å². The van der Waals surface area contributed by atoms with Gasteiger partial charge in [-0.05, 0) is 38.0 Å². The van der Waals surface area contributed by atoms with Crippen LogP contribution in [0.2, 0.25) is 0 Å². The van der Waals surface area contributed by atoms with Gasteiger partial charge in [-0.15, -0.1) is 11.3 Å². The molecule has 1 aliphatic rings. The molecule has 1 N–H and O–H groups in total. The molecule has 0 bridgehead atoms. The summed E-state index contributed by atoms with van der Waals surface area (Å²) in [5.41, 5.74) is 0.873. The normalized spacial score (nSPS) is 14.9. The molecular formula is C18H19BrFN3O3S. The van der Waals surface area contributed by atoms with Crippen molar-refractivity contribution in [3.05, 3.63) is 39.6 Å². The zero-order valence-electron chi connectivity index (χ0n) is 14.7. The van der Waals surface area contributed by atoms with Gasteiger partial charge in [-0.1, -0.05) is 15.9 Å². The third-order valence-electron chi connectivity index (χ3n) is 4.31. The summed E-state index contributed by atoms with van der Waals surface area (Å²) < 4.78 is 19.6. The first-order valence-electron chi connectivity index (χ1n) is 8.51. The van der Waals surface area contributed by atoms with Crippen molar-refractivity contribution < 1.29 is 18.7 Å². The highest BCUT2D eigenvalue weighted by molar-refractivity contribution is 9.10. The highest BCUT2D eigenvalue weighted by Crippen LogP contribution is 2.23. The number of anilines is 1. The molecule has 144 valence electrons. The molecule has 1 fully saturated rings. The lowest BCUT2D eigenvalue weighted by Gasteiger charge is -2.31. The Morgan fingerprint density at radius 1 is 1.41 bits per heavy atom. The van der Waals surface area contributed by atoms with E-state index >= 15 is 0 Å². The lowest BCUT2D eigenvalue weighted by molar-refractivity contribution is -0.136. The maximum absolute atomic E-state index is 13.7. The number of carbonyl (C=O) groups excluding carboxylic acids is 2. The first-order chi connectivity index (χ1) is 12.9. The molecule has 0 saturated carbocycles. The van der Waals surface area contributed by atoms with E-state index in [1.54, 1.807) is 11.0 Å². The Kier molecular flexibility index (Phi) is 6.43. The summed E-state index contributed by atoms with van der Waals surface area (Å²) in [5.74, 6) is -0.913. The summed E-state index contributed by atoms with van der Waals surface area (Å²) in [6, 6.07) is 4.41. The van der Waals surface area contributed by atoms with Crippen LogP contribution in [0.1, 0.15) is 18.5 Å². The molecule has 2 aromatic rings. The highest BCUT2D eigenvalue weighted by atomic mass is 79.9. The molecule has 9 heteroatoms. The fraction of sp³-hybridized carbons (Fsp3) is 0.389. The van der Waals surface area contributed by atoms with Crippen molar-refractivity contribution in [3.63, 3.8) is 0 Å². The van der Waals surface area contributed by atoms with Crippen molar-refractivity contribution in [2.24, 2.45) is 5.92 Å². The number of rotatable bonds is 5. The van der Waals surface area contributed by atoms with Crippen LogP contribution in [0.15, 0.2) is 28.1 Å². The van der Waals surface area contributed by atoms with Crippen molar-refractivity contribution in [2.45, 2.75) is 19.8 Å². The minimum Gasteiger partial charge on any atom is -0.481 e. The highest BCUT2D eigenvalue weighted by Gasteiger charge is 2.28. The molecule has 3 rings (SSSR count). The van der Waals surface area contributed by atoms with Crippen LogP contribution in [-0.2, 0) is 9.59 Å². The predicted molar refractivity (Wildman–Crippen MR) is 104 cm³/mol. The molecule has 0 unspecified atom stereocenters. The number of nitrogens with zero attached hydrogens (tertiary/aromatic N) is 2. The van der Waals surface area contributed by atoms with Crippen LogP contribution in [0.25, 0.3) is 0 Å². The Balaban J connectivity index is 1.45. The lowest BCUT2D eigenvalue weighted by atomic mass is 9.96. The minimum absolute atomic E-state index is 0.0413. The lowest BCUT2D eigenvalue weighted by Crippen LogP contribution is -2.43. The number of benzene rings is 1. The maximum atomic E-state index is 13.7. The third-order valence-corrected chi connectivity index (χ3v) is 5.68. The fourth-order valence-corrected chi connectivity index (χ4v) is 3.86. The number of halogens is 2.